The smallest absolute Gasteiger partial charge is 0.306 e. The molecule has 8 heteroatoms. The number of esters is 2. The normalized spacial score (nSPS) is 13.7. The number of unbranched alkanes of at least 4 members (excludes halogenated alkanes) is 14. The Hall–Kier alpha value is -3.49. The number of aliphatic carboxylic acids is 1. The summed E-state index contributed by atoms with van der Waals surface area (Å²) in [4.78, 5) is 36.9. The van der Waals surface area contributed by atoms with Crippen LogP contribution in [-0.4, -0.2) is 75.5 Å². The van der Waals surface area contributed by atoms with Crippen LogP contribution >= 0.6 is 0 Å². The van der Waals surface area contributed by atoms with E-state index < -0.39 is 18.1 Å². The molecule has 0 aliphatic heterocycles. The van der Waals surface area contributed by atoms with Crippen LogP contribution in [0.3, 0.4) is 0 Å². The minimum Gasteiger partial charge on any atom is -0.544 e. The summed E-state index contributed by atoms with van der Waals surface area (Å²) in [5.74, 6) is -1.82. The van der Waals surface area contributed by atoms with Crippen LogP contribution in [0.15, 0.2) is 85.1 Å². The second-order valence-corrected chi connectivity index (χ2v) is 16.6. The maximum absolute atomic E-state index is 12.7. The fourth-order valence-electron chi connectivity index (χ4n) is 6.39. The number of carboxylic acid groups (broad SMARTS) is 1. The monoisotopic (exact) mass is 838 g/mol. The highest BCUT2D eigenvalue weighted by atomic mass is 16.6. The van der Waals surface area contributed by atoms with Gasteiger partial charge in [-0.2, -0.15) is 0 Å². The van der Waals surface area contributed by atoms with Gasteiger partial charge in [-0.1, -0.05) is 163 Å². The maximum atomic E-state index is 12.7. The van der Waals surface area contributed by atoms with Crippen molar-refractivity contribution in [3.63, 3.8) is 0 Å². The second kappa shape index (κ2) is 42.2. The molecule has 2 unspecified atom stereocenters. The highest BCUT2D eigenvalue weighted by Gasteiger charge is 2.25. The van der Waals surface area contributed by atoms with Crippen molar-refractivity contribution in [3.05, 3.63) is 85.1 Å². The predicted molar refractivity (Wildman–Crippen MR) is 249 cm³/mol. The summed E-state index contributed by atoms with van der Waals surface area (Å²) in [7, 11) is 5.38. The van der Waals surface area contributed by atoms with Gasteiger partial charge in [0, 0.05) is 19.3 Å². The lowest BCUT2D eigenvalue weighted by atomic mass is 10.1. The third kappa shape index (κ3) is 39.9. The summed E-state index contributed by atoms with van der Waals surface area (Å²) in [5.41, 5.74) is 0. The molecule has 0 radical (unpaired) electrons. The number of likely N-dealkylation sites (N-methyl/N-ethyl adjacent to an activating group) is 1. The van der Waals surface area contributed by atoms with E-state index >= 15 is 0 Å². The van der Waals surface area contributed by atoms with Crippen molar-refractivity contribution in [3.8, 4) is 0 Å². The molecule has 0 aromatic carbocycles. The number of carboxylic acids is 1. The molecule has 0 saturated carbocycles. The van der Waals surface area contributed by atoms with Gasteiger partial charge in [-0.3, -0.25) is 9.59 Å². The zero-order valence-electron chi connectivity index (χ0n) is 38.8. The quantitative estimate of drug-likeness (QED) is 0.0199. The van der Waals surface area contributed by atoms with Crippen LogP contribution in [0.1, 0.15) is 174 Å². The Morgan fingerprint density at radius 1 is 0.533 bits per heavy atom. The van der Waals surface area contributed by atoms with Crippen molar-refractivity contribution in [1.29, 1.82) is 0 Å². The van der Waals surface area contributed by atoms with E-state index in [1.807, 2.05) is 0 Å². The van der Waals surface area contributed by atoms with E-state index in [1.54, 1.807) is 21.1 Å². The molecule has 0 fully saturated rings. The zero-order valence-corrected chi connectivity index (χ0v) is 38.8. The Bertz CT molecular complexity index is 1250. The number of carbonyl (C=O) groups is 3. The summed E-state index contributed by atoms with van der Waals surface area (Å²) in [6.07, 6.45) is 54.7. The van der Waals surface area contributed by atoms with Crippen molar-refractivity contribution in [2.24, 2.45) is 0 Å². The molecule has 0 saturated heterocycles. The topological polar surface area (TPSA) is 102 Å². The van der Waals surface area contributed by atoms with E-state index in [9.17, 15) is 19.5 Å². The molecule has 0 rings (SSSR count). The van der Waals surface area contributed by atoms with Crippen molar-refractivity contribution in [2.45, 2.75) is 187 Å². The van der Waals surface area contributed by atoms with Gasteiger partial charge in [0.1, 0.15) is 12.6 Å². The van der Waals surface area contributed by atoms with Gasteiger partial charge in [-0.15, -0.1) is 0 Å². The predicted octanol–water partition coefficient (Wildman–Crippen LogP) is 12.0. The Balaban J connectivity index is 4.40. The highest BCUT2D eigenvalue weighted by molar-refractivity contribution is 5.70. The Morgan fingerprint density at radius 2 is 1.00 bits per heavy atom. The van der Waals surface area contributed by atoms with E-state index in [-0.39, 0.29) is 49.1 Å². The number of quaternary nitrogens is 1. The van der Waals surface area contributed by atoms with Crippen molar-refractivity contribution in [1.82, 2.24) is 0 Å². The van der Waals surface area contributed by atoms with Crippen molar-refractivity contribution in [2.75, 3.05) is 41.0 Å². The molecular formula is C52H87NO7. The third-order valence-corrected chi connectivity index (χ3v) is 10.0. The average molecular weight is 838 g/mol. The lowest BCUT2D eigenvalue weighted by molar-refractivity contribution is -0.889. The standard InChI is InChI=1S/C52H87NO7/c1-6-8-10-12-14-16-18-20-22-24-25-27-28-30-32-34-36-38-40-42-50(54)59-47-48(46-58-45-44-49(52(56)57)53(3,4)5)60-51(55)43-41-39-37-35-33-31-29-26-23-21-19-17-15-13-11-9-7-2/h9,11,14-18,20-21,23,29,31,35,37,48-49H,6-8,10,12-13,19,22,24-28,30,32-34,36,38-47H2,1-5H3/b11-9+,16-14+,17-15+,20-18+,23-21+,31-29+,37-35+. The van der Waals surface area contributed by atoms with Gasteiger partial charge in [0.2, 0.25) is 0 Å². The highest BCUT2D eigenvalue weighted by Crippen LogP contribution is 2.14. The molecular weight excluding hydrogens is 751 g/mol. The molecule has 0 bridgehead atoms. The summed E-state index contributed by atoms with van der Waals surface area (Å²) in [6, 6.07) is -0.741. The largest absolute Gasteiger partial charge is 0.544 e. The van der Waals surface area contributed by atoms with Gasteiger partial charge in [-0.05, 0) is 77.0 Å². The molecule has 0 aromatic heterocycles. The molecule has 0 spiro atoms. The van der Waals surface area contributed by atoms with E-state index in [2.05, 4.69) is 98.9 Å². The first-order valence-corrected chi connectivity index (χ1v) is 23.6. The van der Waals surface area contributed by atoms with E-state index in [0.29, 0.717) is 12.8 Å². The summed E-state index contributed by atoms with van der Waals surface area (Å²) < 4.78 is 17.1. The fraction of sp³-hybridized carbons (Fsp3) is 0.673. The molecule has 60 heavy (non-hydrogen) atoms. The lowest BCUT2D eigenvalue weighted by Crippen LogP contribution is -2.55. The van der Waals surface area contributed by atoms with Crippen LogP contribution in [0.4, 0.5) is 0 Å². The van der Waals surface area contributed by atoms with Crippen LogP contribution in [0.5, 0.6) is 0 Å². The number of rotatable bonds is 41. The maximum Gasteiger partial charge on any atom is 0.306 e. The first-order valence-electron chi connectivity index (χ1n) is 23.6. The molecule has 0 aliphatic rings. The molecule has 8 nitrogen and oxygen atoms in total. The first kappa shape index (κ1) is 56.5. The minimum atomic E-state index is -1.14. The molecule has 0 aromatic rings. The molecule has 0 heterocycles. The Labute approximate surface area is 367 Å². The van der Waals surface area contributed by atoms with Crippen molar-refractivity contribution >= 4 is 17.9 Å². The van der Waals surface area contributed by atoms with Gasteiger partial charge in [-0.25, -0.2) is 0 Å². The third-order valence-electron chi connectivity index (χ3n) is 10.0. The average Bonchev–Trinajstić information content (AvgIpc) is 3.21. The van der Waals surface area contributed by atoms with Gasteiger partial charge >= 0.3 is 11.9 Å². The lowest BCUT2D eigenvalue weighted by Gasteiger charge is -2.34. The molecule has 0 aliphatic carbocycles. The molecule has 0 N–H and O–H groups in total. The van der Waals surface area contributed by atoms with E-state index in [0.717, 1.165) is 57.8 Å². The zero-order chi connectivity index (χ0) is 44.2. The minimum absolute atomic E-state index is 0.0125. The number of allylic oxidation sites excluding steroid dienone is 14. The van der Waals surface area contributed by atoms with Gasteiger partial charge in [0.05, 0.1) is 40.3 Å². The van der Waals surface area contributed by atoms with E-state index in [4.69, 9.17) is 14.2 Å². The summed E-state index contributed by atoms with van der Waals surface area (Å²) in [5, 5.41) is 11.6. The second-order valence-electron chi connectivity index (χ2n) is 16.6. The number of carbonyl (C=O) groups excluding carboxylic acids is 3. The number of nitrogens with zero attached hydrogens (tertiary/aromatic N) is 1. The Kier molecular flexibility index (Phi) is 39.8. The Morgan fingerprint density at radius 3 is 1.52 bits per heavy atom. The number of hydrogen-bond donors (Lipinski definition) is 0. The molecule has 2 atom stereocenters. The number of ether oxygens (including phenoxy) is 3. The van der Waals surface area contributed by atoms with E-state index in [1.165, 1.54) is 77.0 Å². The van der Waals surface area contributed by atoms with Crippen LogP contribution in [-0.2, 0) is 28.6 Å². The van der Waals surface area contributed by atoms with Crippen LogP contribution in [0.2, 0.25) is 0 Å². The van der Waals surface area contributed by atoms with Crippen LogP contribution in [0, 0.1) is 0 Å². The fourth-order valence-corrected chi connectivity index (χ4v) is 6.39. The van der Waals surface area contributed by atoms with Crippen LogP contribution < -0.4 is 5.11 Å². The SMILES string of the molecule is CC/C=C/C/C=C/C/C=C/C/C=C/C/C=C/CCCC(=O)OC(COCCC(C(=O)[O-])[N+](C)(C)C)COC(=O)CCCCCCCCCCCC/C=C/C=C/CCCCC. The molecule has 0 amide bonds. The van der Waals surface area contributed by atoms with Gasteiger partial charge < -0.3 is 28.6 Å². The summed E-state index contributed by atoms with van der Waals surface area (Å²) >= 11 is 0. The first-order chi connectivity index (χ1) is 29.1. The number of hydrogen-bond acceptors (Lipinski definition) is 7. The van der Waals surface area contributed by atoms with Gasteiger partial charge in [0.15, 0.2) is 6.10 Å². The van der Waals surface area contributed by atoms with Crippen LogP contribution in [0.25, 0.3) is 0 Å². The summed E-state index contributed by atoms with van der Waals surface area (Å²) in [6.45, 7) is 4.45. The van der Waals surface area contributed by atoms with Gasteiger partial charge in [0.25, 0.3) is 0 Å². The molecule has 342 valence electrons. The van der Waals surface area contributed by atoms with Crippen molar-refractivity contribution < 1.29 is 38.2 Å².